The van der Waals surface area contributed by atoms with Crippen LogP contribution < -0.4 is 10.5 Å². The van der Waals surface area contributed by atoms with Gasteiger partial charge in [0, 0.05) is 0 Å². The van der Waals surface area contributed by atoms with Crippen molar-refractivity contribution in [3.05, 3.63) is 28.2 Å². The maximum Gasteiger partial charge on any atom is 0.255 e. The summed E-state index contributed by atoms with van der Waals surface area (Å²) in [5.74, 6) is 0.159. The van der Waals surface area contributed by atoms with Crippen LogP contribution in [-0.2, 0) is 4.79 Å². The molecule has 0 spiro atoms. The molecule has 70 valence electrons. The molecular weight excluding hydrogens is 234 g/mol. The van der Waals surface area contributed by atoms with Gasteiger partial charge in [-0.2, -0.15) is 0 Å². The van der Waals surface area contributed by atoms with Gasteiger partial charge in [0.1, 0.15) is 5.75 Å². The monoisotopic (exact) mass is 243 g/mol. The minimum absolute atomic E-state index is 0.0952. The number of hydrogen-bond donors (Lipinski definition) is 1. The van der Waals surface area contributed by atoms with Gasteiger partial charge in [0.05, 0.1) is 4.47 Å². The number of aryl methyl sites for hydroxylation is 1. The number of amides is 1. The Hall–Kier alpha value is -1.03. The molecule has 0 aromatic heterocycles. The van der Waals surface area contributed by atoms with E-state index < -0.39 is 5.91 Å². The Bertz CT molecular complexity index is 325. The van der Waals surface area contributed by atoms with Gasteiger partial charge in [0.2, 0.25) is 0 Å². The van der Waals surface area contributed by atoms with E-state index in [1.807, 2.05) is 25.1 Å². The number of ether oxygens (including phenoxy) is 1. The Labute approximate surface area is 85.0 Å². The zero-order valence-electron chi connectivity index (χ0n) is 7.21. The molecule has 0 aliphatic carbocycles. The molecule has 1 rings (SSSR count). The third-order valence-corrected chi connectivity index (χ3v) is 2.11. The summed E-state index contributed by atoms with van der Waals surface area (Å²) in [5, 5.41) is 0. The number of hydrogen-bond acceptors (Lipinski definition) is 2. The van der Waals surface area contributed by atoms with Crippen molar-refractivity contribution in [2.45, 2.75) is 6.92 Å². The van der Waals surface area contributed by atoms with E-state index in [0.717, 1.165) is 10.0 Å². The first-order chi connectivity index (χ1) is 6.09. The fraction of sp³-hybridized carbons (Fsp3) is 0.222. The molecule has 0 heterocycles. The standard InChI is InChI=1S/C9H10BrNO2/c1-6-2-3-7(10)8(4-6)13-5-9(11)12/h2-4H,5H2,1H3,(H2,11,12). The van der Waals surface area contributed by atoms with Crippen LogP contribution in [-0.4, -0.2) is 12.5 Å². The second-order valence-electron chi connectivity index (χ2n) is 2.69. The van der Waals surface area contributed by atoms with Crippen molar-refractivity contribution in [3.8, 4) is 5.75 Å². The van der Waals surface area contributed by atoms with Crippen molar-refractivity contribution in [1.29, 1.82) is 0 Å². The number of benzene rings is 1. The fourth-order valence-electron chi connectivity index (χ4n) is 0.870. The second kappa shape index (κ2) is 4.28. The first-order valence-electron chi connectivity index (χ1n) is 3.77. The first kappa shape index (κ1) is 10.1. The van der Waals surface area contributed by atoms with E-state index in [1.54, 1.807) is 0 Å². The highest BCUT2D eigenvalue weighted by Gasteiger charge is 2.02. The number of carbonyl (C=O) groups excluding carboxylic acids is 1. The lowest BCUT2D eigenvalue weighted by atomic mass is 10.2. The first-order valence-corrected chi connectivity index (χ1v) is 4.56. The average molecular weight is 244 g/mol. The van der Waals surface area contributed by atoms with Crippen molar-refractivity contribution in [2.75, 3.05) is 6.61 Å². The quantitative estimate of drug-likeness (QED) is 0.878. The largest absolute Gasteiger partial charge is 0.483 e. The number of primary amides is 1. The molecule has 2 N–H and O–H groups in total. The smallest absolute Gasteiger partial charge is 0.255 e. The Morgan fingerprint density at radius 2 is 2.31 bits per heavy atom. The summed E-state index contributed by atoms with van der Waals surface area (Å²) in [7, 11) is 0. The molecule has 1 aromatic rings. The Kier molecular flexibility index (Phi) is 3.31. The Morgan fingerprint density at radius 1 is 1.62 bits per heavy atom. The molecule has 4 heteroatoms. The molecule has 0 unspecified atom stereocenters. The van der Waals surface area contributed by atoms with Crippen LogP contribution in [0.5, 0.6) is 5.75 Å². The lowest BCUT2D eigenvalue weighted by molar-refractivity contribution is -0.119. The molecule has 1 aromatic carbocycles. The van der Waals surface area contributed by atoms with Gasteiger partial charge in [-0.25, -0.2) is 0 Å². The van der Waals surface area contributed by atoms with Crippen LogP contribution in [0.15, 0.2) is 22.7 Å². The van der Waals surface area contributed by atoms with E-state index in [0.29, 0.717) is 5.75 Å². The van der Waals surface area contributed by atoms with Gasteiger partial charge < -0.3 is 10.5 Å². The van der Waals surface area contributed by atoms with Crippen molar-refractivity contribution in [3.63, 3.8) is 0 Å². The van der Waals surface area contributed by atoms with Crippen LogP contribution in [0.2, 0.25) is 0 Å². The van der Waals surface area contributed by atoms with E-state index in [1.165, 1.54) is 0 Å². The molecule has 0 fully saturated rings. The lowest BCUT2D eigenvalue weighted by Crippen LogP contribution is -2.20. The van der Waals surface area contributed by atoms with Gasteiger partial charge in [-0.3, -0.25) is 4.79 Å². The highest BCUT2D eigenvalue weighted by Crippen LogP contribution is 2.25. The zero-order chi connectivity index (χ0) is 9.84. The highest BCUT2D eigenvalue weighted by atomic mass is 79.9. The van der Waals surface area contributed by atoms with Gasteiger partial charge in [-0.05, 0) is 40.5 Å². The lowest BCUT2D eigenvalue weighted by Gasteiger charge is -2.06. The van der Waals surface area contributed by atoms with Crippen molar-refractivity contribution in [1.82, 2.24) is 0 Å². The highest BCUT2D eigenvalue weighted by molar-refractivity contribution is 9.10. The van der Waals surface area contributed by atoms with E-state index >= 15 is 0 Å². The fourth-order valence-corrected chi connectivity index (χ4v) is 1.23. The summed E-state index contributed by atoms with van der Waals surface area (Å²) < 4.78 is 5.98. The van der Waals surface area contributed by atoms with Gasteiger partial charge >= 0.3 is 0 Å². The maximum atomic E-state index is 10.5. The van der Waals surface area contributed by atoms with Crippen molar-refractivity contribution >= 4 is 21.8 Å². The molecule has 3 nitrogen and oxygen atoms in total. The summed E-state index contributed by atoms with van der Waals surface area (Å²) in [6.07, 6.45) is 0. The Morgan fingerprint density at radius 3 is 2.92 bits per heavy atom. The van der Waals surface area contributed by atoms with Crippen LogP contribution in [0.4, 0.5) is 0 Å². The Balaban J connectivity index is 2.75. The number of nitrogens with two attached hydrogens (primary N) is 1. The number of halogens is 1. The second-order valence-corrected chi connectivity index (χ2v) is 3.54. The van der Waals surface area contributed by atoms with Crippen LogP contribution in [0.25, 0.3) is 0 Å². The predicted octanol–water partition coefficient (Wildman–Crippen LogP) is 1.62. The number of carbonyl (C=O) groups is 1. The van der Waals surface area contributed by atoms with Crippen molar-refractivity contribution < 1.29 is 9.53 Å². The van der Waals surface area contributed by atoms with Gasteiger partial charge in [0.15, 0.2) is 6.61 Å². The van der Waals surface area contributed by atoms with Gasteiger partial charge in [-0.15, -0.1) is 0 Å². The van der Waals surface area contributed by atoms with Crippen LogP contribution >= 0.6 is 15.9 Å². The predicted molar refractivity (Wildman–Crippen MR) is 53.6 cm³/mol. The minimum atomic E-state index is -0.478. The van der Waals surface area contributed by atoms with E-state index in [2.05, 4.69) is 15.9 Å². The van der Waals surface area contributed by atoms with E-state index in [-0.39, 0.29) is 6.61 Å². The molecule has 0 radical (unpaired) electrons. The molecule has 1 amide bonds. The topological polar surface area (TPSA) is 52.3 Å². The summed E-state index contributed by atoms with van der Waals surface area (Å²) in [5.41, 5.74) is 6.02. The van der Waals surface area contributed by atoms with Crippen LogP contribution in [0.1, 0.15) is 5.56 Å². The minimum Gasteiger partial charge on any atom is -0.483 e. The summed E-state index contributed by atoms with van der Waals surface area (Å²) >= 11 is 3.30. The third-order valence-electron chi connectivity index (χ3n) is 1.46. The van der Waals surface area contributed by atoms with Gasteiger partial charge in [-0.1, -0.05) is 6.07 Å². The number of rotatable bonds is 3. The SMILES string of the molecule is Cc1ccc(Br)c(OCC(N)=O)c1. The van der Waals surface area contributed by atoms with Crippen LogP contribution in [0, 0.1) is 6.92 Å². The normalized spacial score (nSPS) is 9.69. The molecule has 0 saturated heterocycles. The summed E-state index contributed by atoms with van der Waals surface area (Å²) in [4.78, 5) is 10.5. The summed E-state index contributed by atoms with van der Waals surface area (Å²) in [6, 6.07) is 5.65. The molecule has 0 aliphatic heterocycles. The molecule has 13 heavy (non-hydrogen) atoms. The van der Waals surface area contributed by atoms with Crippen LogP contribution in [0.3, 0.4) is 0 Å². The van der Waals surface area contributed by atoms with E-state index in [9.17, 15) is 4.79 Å². The zero-order valence-corrected chi connectivity index (χ0v) is 8.80. The molecular formula is C9H10BrNO2. The average Bonchev–Trinajstić information content (AvgIpc) is 2.06. The maximum absolute atomic E-state index is 10.5. The summed E-state index contributed by atoms with van der Waals surface area (Å²) in [6.45, 7) is 1.85. The van der Waals surface area contributed by atoms with Crippen molar-refractivity contribution in [2.24, 2.45) is 5.73 Å². The molecule has 0 saturated carbocycles. The van der Waals surface area contributed by atoms with E-state index in [4.69, 9.17) is 10.5 Å². The molecule has 0 bridgehead atoms. The third kappa shape index (κ3) is 3.06. The molecule has 0 atom stereocenters. The van der Waals surface area contributed by atoms with Gasteiger partial charge in [0.25, 0.3) is 5.91 Å². The molecule has 0 aliphatic rings.